The summed E-state index contributed by atoms with van der Waals surface area (Å²) in [5, 5.41) is 11.8. The molecule has 0 aliphatic carbocycles. The maximum atomic E-state index is 13.2. The Bertz CT molecular complexity index is 981. The van der Waals surface area contributed by atoms with Crippen molar-refractivity contribution in [3.8, 4) is 0 Å². The molecule has 1 aromatic heterocycles. The van der Waals surface area contributed by atoms with Crippen molar-refractivity contribution >= 4 is 23.4 Å². The van der Waals surface area contributed by atoms with Crippen LogP contribution >= 0.6 is 11.8 Å². The first-order valence-corrected chi connectivity index (χ1v) is 9.98. The van der Waals surface area contributed by atoms with E-state index in [4.69, 9.17) is 0 Å². The zero-order chi connectivity index (χ0) is 20.1. The zero-order valence-corrected chi connectivity index (χ0v) is 17.2. The number of aromatic nitrogens is 3. The minimum Gasteiger partial charge on any atom is -0.325 e. The minimum atomic E-state index is -0.451. The molecule has 0 fully saturated rings. The van der Waals surface area contributed by atoms with Crippen molar-refractivity contribution in [1.29, 1.82) is 0 Å². The van der Waals surface area contributed by atoms with Gasteiger partial charge in [0.15, 0.2) is 5.16 Å². The normalized spacial score (nSPS) is 11.8. The van der Waals surface area contributed by atoms with E-state index in [-0.39, 0.29) is 5.91 Å². The number of benzene rings is 2. The zero-order valence-electron chi connectivity index (χ0n) is 16.3. The first kappa shape index (κ1) is 19.9. The number of carbonyl (C=O) groups excluding carboxylic acids is 1. The number of carbonyl (C=O) groups is 1. The fourth-order valence-corrected chi connectivity index (χ4v) is 3.95. The van der Waals surface area contributed by atoms with Crippen molar-refractivity contribution in [1.82, 2.24) is 14.8 Å². The number of amides is 1. The van der Waals surface area contributed by atoms with Gasteiger partial charge in [-0.15, -0.1) is 16.8 Å². The van der Waals surface area contributed by atoms with E-state index in [0.717, 1.165) is 28.2 Å². The second kappa shape index (κ2) is 8.89. The SMILES string of the molecule is C=CCn1c(C)nnc1S[C@@H](C(=O)Nc1cc(C)ccc1C)c1ccccc1. The van der Waals surface area contributed by atoms with E-state index in [9.17, 15) is 4.79 Å². The molecule has 6 heteroatoms. The van der Waals surface area contributed by atoms with E-state index in [0.29, 0.717) is 11.7 Å². The molecule has 1 N–H and O–H groups in total. The largest absolute Gasteiger partial charge is 0.325 e. The molecule has 3 rings (SSSR count). The Balaban J connectivity index is 1.93. The lowest BCUT2D eigenvalue weighted by molar-refractivity contribution is -0.115. The van der Waals surface area contributed by atoms with E-state index in [1.54, 1.807) is 6.08 Å². The number of aryl methyl sites for hydroxylation is 3. The highest BCUT2D eigenvalue weighted by Crippen LogP contribution is 2.36. The van der Waals surface area contributed by atoms with Crippen LogP contribution in [-0.4, -0.2) is 20.7 Å². The molecule has 5 nitrogen and oxygen atoms in total. The quantitative estimate of drug-likeness (QED) is 0.461. The van der Waals surface area contributed by atoms with Gasteiger partial charge in [0.1, 0.15) is 11.1 Å². The molecule has 0 saturated heterocycles. The van der Waals surface area contributed by atoms with Crippen LogP contribution in [0.5, 0.6) is 0 Å². The molecular weight excluding hydrogens is 368 g/mol. The molecule has 1 atom stereocenters. The molecule has 1 amide bonds. The summed E-state index contributed by atoms with van der Waals surface area (Å²) in [7, 11) is 0. The average molecular weight is 393 g/mol. The van der Waals surface area contributed by atoms with Gasteiger partial charge in [-0.2, -0.15) is 0 Å². The average Bonchev–Trinajstić information content (AvgIpc) is 3.03. The molecule has 28 heavy (non-hydrogen) atoms. The molecule has 0 bridgehead atoms. The molecule has 0 radical (unpaired) electrons. The first-order chi connectivity index (χ1) is 13.5. The van der Waals surface area contributed by atoms with Crippen LogP contribution in [0.4, 0.5) is 5.69 Å². The summed E-state index contributed by atoms with van der Waals surface area (Å²) in [6, 6.07) is 15.8. The van der Waals surface area contributed by atoms with E-state index in [1.165, 1.54) is 11.8 Å². The van der Waals surface area contributed by atoms with Gasteiger partial charge in [-0.1, -0.05) is 60.3 Å². The fraction of sp³-hybridized carbons (Fsp3) is 0.227. The fourth-order valence-electron chi connectivity index (χ4n) is 2.86. The molecule has 0 aliphatic rings. The maximum Gasteiger partial charge on any atom is 0.242 e. The number of hydrogen-bond acceptors (Lipinski definition) is 4. The van der Waals surface area contributed by atoms with Crippen LogP contribution in [0.25, 0.3) is 0 Å². The third-order valence-corrected chi connectivity index (χ3v) is 5.66. The number of nitrogens with zero attached hydrogens (tertiary/aromatic N) is 3. The summed E-state index contributed by atoms with van der Waals surface area (Å²) < 4.78 is 1.96. The highest BCUT2D eigenvalue weighted by atomic mass is 32.2. The Kier molecular flexibility index (Phi) is 6.31. The lowest BCUT2D eigenvalue weighted by Crippen LogP contribution is -2.20. The van der Waals surface area contributed by atoms with Gasteiger partial charge in [0.2, 0.25) is 5.91 Å². The van der Waals surface area contributed by atoms with Crippen LogP contribution in [-0.2, 0) is 11.3 Å². The number of nitrogens with one attached hydrogen (secondary N) is 1. The van der Waals surface area contributed by atoms with Crippen molar-refractivity contribution in [2.24, 2.45) is 0 Å². The third kappa shape index (κ3) is 4.51. The van der Waals surface area contributed by atoms with Crippen LogP contribution < -0.4 is 5.32 Å². The molecule has 0 saturated carbocycles. The van der Waals surface area contributed by atoms with E-state index in [2.05, 4.69) is 22.1 Å². The molecule has 144 valence electrons. The summed E-state index contributed by atoms with van der Waals surface area (Å²) in [4.78, 5) is 13.2. The van der Waals surface area contributed by atoms with Gasteiger partial charge >= 0.3 is 0 Å². The van der Waals surface area contributed by atoms with Crippen LogP contribution in [0.1, 0.15) is 27.8 Å². The summed E-state index contributed by atoms with van der Waals surface area (Å²) in [5.74, 6) is 0.708. The molecule has 2 aromatic carbocycles. The van der Waals surface area contributed by atoms with Gasteiger partial charge in [0, 0.05) is 12.2 Å². The van der Waals surface area contributed by atoms with Crippen molar-refractivity contribution in [2.45, 2.75) is 37.7 Å². The molecule has 3 aromatic rings. The standard InChI is InChI=1S/C22H24N4OS/c1-5-13-26-17(4)24-25-22(26)28-20(18-9-7-6-8-10-18)21(27)23-19-14-15(2)11-12-16(19)3/h5-12,14,20H,1,13H2,2-4H3,(H,23,27)/t20-/m1/s1. The number of allylic oxidation sites excluding steroid dienone is 1. The van der Waals surface area contributed by atoms with E-state index >= 15 is 0 Å². The highest BCUT2D eigenvalue weighted by Gasteiger charge is 2.25. The van der Waals surface area contributed by atoms with Crippen LogP contribution in [0, 0.1) is 20.8 Å². The lowest BCUT2D eigenvalue weighted by Gasteiger charge is -2.18. The Labute approximate surface area is 169 Å². The summed E-state index contributed by atoms with van der Waals surface area (Å²) in [5.41, 5.74) is 3.88. The van der Waals surface area contributed by atoms with Crippen LogP contribution in [0.2, 0.25) is 0 Å². The number of rotatable bonds is 7. The van der Waals surface area contributed by atoms with Crippen molar-refractivity contribution < 1.29 is 4.79 Å². The number of hydrogen-bond donors (Lipinski definition) is 1. The topological polar surface area (TPSA) is 59.8 Å². The first-order valence-electron chi connectivity index (χ1n) is 9.10. The van der Waals surface area contributed by atoms with E-state index < -0.39 is 5.25 Å². The van der Waals surface area contributed by atoms with Gasteiger partial charge in [-0.25, -0.2) is 0 Å². The van der Waals surface area contributed by atoms with Crippen molar-refractivity contribution in [3.63, 3.8) is 0 Å². The van der Waals surface area contributed by atoms with Gasteiger partial charge in [0.05, 0.1) is 0 Å². The Morgan fingerprint density at radius 3 is 2.64 bits per heavy atom. The predicted octanol–water partition coefficient (Wildman–Crippen LogP) is 4.86. The van der Waals surface area contributed by atoms with Gasteiger partial charge in [-0.3, -0.25) is 4.79 Å². The number of thioether (sulfide) groups is 1. The van der Waals surface area contributed by atoms with Crippen molar-refractivity contribution in [2.75, 3.05) is 5.32 Å². The molecular formula is C22H24N4OS. The molecule has 0 aliphatic heterocycles. The van der Waals surface area contributed by atoms with Crippen LogP contribution in [0.3, 0.4) is 0 Å². The van der Waals surface area contributed by atoms with Crippen LogP contribution in [0.15, 0.2) is 66.3 Å². The molecule has 0 spiro atoms. The maximum absolute atomic E-state index is 13.2. The Morgan fingerprint density at radius 2 is 1.93 bits per heavy atom. The monoisotopic (exact) mass is 392 g/mol. The minimum absolute atomic E-state index is 0.0873. The van der Waals surface area contributed by atoms with Gasteiger partial charge in [-0.05, 0) is 43.5 Å². The lowest BCUT2D eigenvalue weighted by atomic mass is 10.1. The van der Waals surface area contributed by atoms with Gasteiger partial charge in [0.25, 0.3) is 0 Å². The summed E-state index contributed by atoms with van der Waals surface area (Å²) >= 11 is 1.40. The van der Waals surface area contributed by atoms with E-state index in [1.807, 2.05) is 73.9 Å². The van der Waals surface area contributed by atoms with Gasteiger partial charge < -0.3 is 9.88 Å². The second-order valence-corrected chi connectivity index (χ2v) is 7.72. The van der Waals surface area contributed by atoms with Crippen molar-refractivity contribution in [3.05, 3.63) is 83.7 Å². The summed E-state index contributed by atoms with van der Waals surface area (Å²) in [6.07, 6.45) is 1.80. The Hall–Kier alpha value is -2.86. The predicted molar refractivity (Wildman–Crippen MR) is 115 cm³/mol. The molecule has 1 heterocycles. The Morgan fingerprint density at radius 1 is 1.18 bits per heavy atom. The third-order valence-electron chi connectivity index (χ3n) is 4.43. The smallest absolute Gasteiger partial charge is 0.242 e. The highest BCUT2D eigenvalue weighted by molar-refractivity contribution is 8.00. The number of anilines is 1. The molecule has 0 unspecified atom stereocenters. The summed E-state index contributed by atoms with van der Waals surface area (Å²) in [6.45, 7) is 10.3. The second-order valence-electron chi connectivity index (χ2n) is 6.65.